The minimum atomic E-state index is -4.26. The molecule has 0 aliphatic carbocycles. The third-order valence-electron chi connectivity index (χ3n) is 5.82. The van der Waals surface area contributed by atoms with Crippen molar-refractivity contribution in [2.75, 3.05) is 61.2 Å². The highest BCUT2D eigenvalue weighted by Crippen LogP contribution is 2.43. The Labute approximate surface area is 220 Å². The summed E-state index contributed by atoms with van der Waals surface area (Å²) in [6.07, 6.45) is 16.2. The van der Waals surface area contributed by atoms with Crippen LogP contribution in [0.4, 0.5) is 4.79 Å². The molecule has 0 aliphatic heterocycles. The Balaban J connectivity index is 3.88. The molecule has 0 saturated carbocycles. The Morgan fingerprint density at radius 1 is 0.778 bits per heavy atom. The summed E-state index contributed by atoms with van der Waals surface area (Å²) in [5.74, 6) is 0. The molecule has 0 saturated heterocycles. The van der Waals surface area contributed by atoms with Crippen LogP contribution in [0.15, 0.2) is 0 Å². The van der Waals surface area contributed by atoms with Gasteiger partial charge in [-0.25, -0.2) is 9.36 Å². The van der Waals surface area contributed by atoms with Gasteiger partial charge in [0.1, 0.15) is 13.2 Å². The van der Waals surface area contributed by atoms with Crippen LogP contribution in [-0.4, -0.2) is 82.9 Å². The maximum atomic E-state index is 12.1. The Kier molecular flexibility index (Phi) is 21.9. The van der Waals surface area contributed by atoms with E-state index in [0.717, 1.165) is 12.8 Å². The van der Waals surface area contributed by atoms with Crippen LogP contribution in [0.5, 0.6) is 0 Å². The maximum Gasteiger partial charge on any atom is 0.508 e. The highest BCUT2D eigenvalue weighted by Gasteiger charge is 2.26. The molecule has 0 spiro atoms. The first-order valence-electron chi connectivity index (χ1n) is 13.8. The van der Waals surface area contributed by atoms with Gasteiger partial charge in [-0.1, -0.05) is 90.4 Å². The average molecular weight is 541 g/mol. The minimum absolute atomic E-state index is 0.0480. The van der Waals surface area contributed by atoms with Crippen molar-refractivity contribution in [1.29, 1.82) is 0 Å². The van der Waals surface area contributed by atoms with Crippen LogP contribution < -0.4 is 0 Å². The lowest BCUT2D eigenvalue weighted by Gasteiger charge is -2.24. The smallest absolute Gasteiger partial charge is 0.438 e. The van der Waals surface area contributed by atoms with Crippen LogP contribution in [-0.2, 0) is 27.8 Å². The molecule has 0 aromatic heterocycles. The molecule has 0 bridgehead atoms. The average Bonchev–Trinajstić information content (AvgIpc) is 2.81. The third-order valence-corrected chi connectivity index (χ3v) is 6.80. The van der Waals surface area contributed by atoms with Gasteiger partial charge in [-0.15, -0.1) is 0 Å². The van der Waals surface area contributed by atoms with E-state index >= 15 is 0 Å². The molecule has 0 aromatic rings. The summed E-state index contributed by atoms with van der Waals surface area (Å²) >= 11 is 0. The zero-order chi connectivity index (χ0) is 27.1. The molecule has 0 heterocycles. The van der Waals surface area contributed by atoms with E-state index in [1.807, 2.05) is 21.1 Å². The first kappa shape index (κ1) is 35.3. The second-order valence-electron chi connectivity index (χ2n) is 10.5. The molecule has 9 nitrogen and oxygen atoms in total. The van der Waals surface area contributed by atoms with Crippen molar-refractivity contribution in [2.45, 2.75) is 103 Å². The van der Waals surface area contributed by atoms with E-state index in [4.69, 9.17) is 18.5 Å². The zero-order valence-corrected chi connectivity index (χ0v) is 24.6. The number of hydrogen-bond acceptors (Lipinski definition) is 7. The number of quaternary nitrogens is 1. The number of methoxy groups -OCH3 is 1. The van der Waals surface area contributed by atoms with Gasteiger partial charge in [-0.3, -0.25) is 9.05 Å². The first-order valence-corrected chi connectivity index (χ1v) is 15.3. The summed E-state index contributed by atoms with van der Waals surface area (Å²) in [7, 11) is 2.78. The lowest BCUT2D eigenvalue weighted by atomic mass is 10.0. The van der Waals surface area contributed by atoms with Crippen molar-refractivity contribution in [2.24, 2.45) is 0 Å². The second kappa shape index (κ2) is 22.3. The molecule has 0 aromatic carbocycles. The van der Waals surface area contributed by atoms with Gasteiger partial charge >= 0.3 is 14.0 Å². The van der Waals surface area contributed by atoms with E-state index in [-0.39, 0.29) is 19.8 Å². The number of phosphoric acid groups is 1. The zero-order valence-electron chi connectivity index (χ0n) is 23.7. The van der Waals surface area contributed by atoms with E-state index in [1.54, 1.807) is 0 Å². The van der Waals surface area contributed by atoms with E-state index < -0.39 is 20.1 Å². The molecule has 0 rings (SSSR count). The number of unbranched alkanes of at least 4 members (excludes halogenated alkanes) is 13. The van der Waals surface area contributed by atoms with Crippen molar-refractivity contribution in [3.8, 4) is 0 Å². The number of phosphoric ester groups is 1. The van der Waals surface area contributed by atoms with Crippen molar-refractivity contribution >= 4 is 14.0 Å². The van der Waals surface area contributed by atoms with Crippen molar-refractivity contribution < 1.29 is 42.0 Å². The Morgan fingerprint density at radius 2 is 1.28 bits per heavy atom. The minimum Gasteiger partial charge on any atom is -0.438 e. The standard InChI is InChI=1S/C26H54NO8P/c1-6-7-8-9-10-11-12-13-14-15-16-17-18-19-21-32-23-25(35-26(28)31-5)24-34-36(29,30)33-22-20-27(2,3)4/h25H,6-24H2,1-5H3/p+1. The molecule has 2 atom stereocenters. The van der Waals surface area contributed by atoms with E-state index in [9.17, 15) is 14.3 Å². The summed E-state index contributed by atoms with van der Waals surface area (Å²) in [6.45, 7) is 3.11. The number of rotatable bonds is 25. The molecular formula is C26H55NO8P+. The summed E-state index contributed by atoms with van der Waals surface area (Å²) in [5, 5.41) is 0. The van der Waals surface area contributed by atoms with Crippen LogP contribution in [0.25, 0.3) is 0 Å². The fraction of sp³-hybridized carbons (Fsp3) is 0.962. The Morgan fingerprint density at radius 3 is 1.75 bits per heavy atom. The van der Waals surface area contributed by atoms with Crippen LogP contribution in [0.1, 0.15) is 96.8 Å². The first-order chi connectivity index (χ1) is 17.1. The SMILES string of the molecule is CCCCCCCCCCCCCCCCOCC(COP(=O)(O)OCC[N+](C)(C)C)OC(=O)OC. The van der Waals surface area contributed by atoms with Crippen LogP contribution in [0.3, 0.4) is 0 Å². The van der Waals surface area contributed by atoms with Gasteiger partial charge in [0.2, 0.25) is 0 Å². The molecule has 0 fully saturated rings. The lowest BCUT2D eigenvalue weighted by Crippen LogP contribution is -2.37. The molecule has 0 amide bonds. The van der Waals surface area contributed by atoms with Crippen LogP contribution >= 0.6 is 7.82 Å². The molecule has 10 heteroatoms. The predicted molar refractivity (Wildman–Crippen MR) is 143 cm³/mol. The lowest BCUT2D eigenvalue weighted by molar-refractivity contribution is -0.870. The molecule has 36 heavy (non-hydrogen) atoms. The highest BCUT2D eigenvalue weighted by atomic mass is 31.2. The van der Waals surface area contributed by atoms with Crippen molar-refractivity contribution in [3.63, 3.8) is 0 Å². The summed E-state index contributed by atoms with van der Waals surface area (Å²) in [4.78, 5) is 21.3. The fourth-order valence-corrected chi connectivity index (χ4v) is 4.30. The molecule has 1 N–H and O–H groups in total. The summed E-state index contributed by atoms with van der Waals surface area (Å²) in [5.41, 5.74) is 0. The fourth-order valence-electron chi connectivity index (χ4n) is 3.56. The highest BCUT2D eigenvalue weighted by molar-refractivity contribution is 7.47. The van der Waals surface area contributed by atoms with Gasteiger partial charge in [0.25, 0.3) is 0 Å². The Hall–Kier alpha value is -0.700. The quantitative estimate of drug-likeness (QED) is 0.0608. The van der Waals surface area contributed by atoms with E-state index in [1.165, 1.54) is 84.2 Å². The topological polar surface area (TPSA) is 101 Å². The normalized spacial score (nSPS) is 14.4. The monoisotopic (exact) mass is 540 g/mol. The van der Waals surface area contributed by atoms with Crippen LogP contribution in [0, 0.1) is 0 Å². The van der Waals surface area contributed by atoms with Gasteiger partial charge in [0, 0.05) is 6.61 Å². The van der Waals surface area contributed by atoms with Crippen molar-refractivity contribution in [3.05, 3.63) is 0 Å². The van der Waals surface area contributed by atoms with Crippen molar-refractivity contribution in [1.82, 2.24) is 0 Å². The summed E-state index contributed by atoms with van der Waals surface area (Å²) in [6, 6.07) is 0. The number of carbonyl (C=O) groups excluding carboxylic acids is 1. The number of nitrogens with zero attached hydrogens (tertiary/aromatic N) is 1. The largest absolute Gasteiger partial charge is 0.508 e. The van der Waals surface area contributed by atoms with Gasteiger partial charge < -0.3 is 23.6 Å². The molecule has 0 aliphatic rings. The second-order valence-corrected chi connectivity index (χ2v) is 11.9. The number of ether oxygens (including phenoxy) is 3. The predicted octanol–water partition coefficient (Wildman–Crippen LogP) is 6.48. The third kappa shape index (κ3) is 25.0. The van der Waals surface area contributed by atoms with Gasteiger partial charge in [0.05, 0.1) is 41.5 Å². The van der Waals surface area contributed by atoms with Gasteiger partial charge in [-0.2, -0.15) is 0 Å². The number of carbonyl (C=O) groups is 1. The van der Waals surface area contributed by atoms with Crippen LogP contribution in [0.2, 0.25) is 0 Å². The number of hydrogen-bond donors (Lipinski definition) is 1. The van der Waals surface area contributed by atoms with Gasteiger partial charge in [0.15, 0.2) is 6.10 Å². The maximum absolute atomic E-state index is 12.1. The molecular weight excluding hydrogens is 485 g/mol. The van der Waals surface area contributed by atoms with E-state index in [0.29, 0.717) is 17.6 Å². The molecule has 2 unspecified atom stereocenters. The van der Waals surface area contributed by atoms with Gasteiger partial charge in [-0.05, 0) is 6.42 Å². The molecule has 0 radical (unpaired) electrons. The number of likely N-dealkylation sites (N-methyl/N-ethyl adjacent to an activating group) is 1. The summed E-state index contributed by atoms with van der Waals surface area (Å²) < 4.78 is 37.8. The Bertz CT molecular complexity index is 571. The van der Waals surface area contributed by atoms with E-state index in [2.05, 4.69) is 11.7 Å². The molecule has 216 valence electrons.